The molecule has 6 nitrogen and oxygen atoms in total. The van der Waals surface area contributed by atoms with Gasteiger partial charge < -0.3 is 0 Å². The molecule has 2 rings (SSSR count). The molecule has 1 saturated heterocycles. The zero-order valence-electron chi connectivity index (χ0n) is 11.2. The van der Waals surface area contributed by atoms with Crippen molar-refractivity contribution in [3.05, 3.63) is 29.6 Å². The Morgan fingerprint density at radius 3 is 2.62 bits per heavy atom. The van der Waals surface area contributed by atoms with Crippen LogP contribution in [0.1, 0.15) is 12.0 Å². The second kappa shape index (κ2) is 5.36. The van der Waals surface area contributed by atoms with E-state index in [1.165, 1.54) is 7.05 Å². The van der Waals surface area contributed by atoms with E-state index in [2.05, 4.69) is 0 Å². The van der Waals surface area contributed by atoms with Gasteiger partial charge >= 0.3 is 0 Å². The lowest BCUT2D eigenvalue weighted by atomic mass is 10.2. The lowest BCUT2D eigenvalue weighted by molar-refractivity contribution is 0.394. The van der Waals surface area contributed by atoms with E-state index >= 15 is 0 Å². The number of sulfone groups is 1. The van der Waals surface area contributed by atoms with Gasteiger partial charge in [0.15, 0.2) is 9.84 Å². The minimum Gasteiger partial charge on any atom is -0.229 e. The van der Waals surface area contributed by atoms with Crippen LogP contribution >= 0.6 is 0 Å². The summed E-state index contributed by atoms with van der Waals surface area (Å²) in [6.07, 6.45) is 0.227. The first-order valence-corrected chi connectivity index (χ1v) is 9.31. The predicted molar refractivity (Wildman–Crippen MR) is 73.1 cm³/mol. The maximum atomic E-state index is 13.3. The monoisotopic (exact) mass is 332 g/mol. The Balaban J connectivity index is 2.36. The summed E-state index contributed by atoms with van der Waals surface area (Å²) in [5.41, 5.74) is -0.372. The average Bonchev–Trinajstić information content (AvgIpc) is 2.78. The normalized spacial score (nSPS) is 21.3. The van der Waals surface area contributed by atoms with Crippen molar-refractivity contribution in [3.63, 3.8) is 0 Å². The minimum absolute atomic E-state index is 0.0512. The van der Waals surface area contributed by atoms with E-state index in [1.807, 2.05) is 0 Å². The SMILES string of the molecule is CN(C1CCS(=O)(=O)C1)S(=O)(=O)c1ccc(F)c(C#N)c1. The largest absolute Gasteiger partial charge is 0.243 e. The fraction of sp³-hybridized carbons (Fsp3) is 0.417. The first-order valence-electron chi connectivity index (χ1n) is 6.05. The highest BCUT2D eigenvalue weighted by Gasteiger charge is 2.36. The Bertz CT molecular complexity index is 812. The van der Waals surface area contributed by atoms with Crippen LogP contribution in [0.5, 0.6) is 0 Å². The number of nitriles is 1. The minimum atomic E-state index is -3.97. The summed E-state index contributed by atoms with van der Waals surface area (Å²) >= 11 is 0. The smallest absolute Gasteiger partial charge is 0.229 e. The van der Waals surface area contributed by atoms with Crippen molar-refractivity contribution in [3.8, 4) is 6.07 Å². The maximum Gasteiger partial charge on any atom is 0.243 e. The van der Waals surface area contributed by atoms with Crippen LogP contribution in [-0.2, 0) is 19.9 Å². The molecule has 0 bridgehead atoms. The molecule has 1 aliphatic heterocycles. The summed E-state index contributed by atoms with van der Waals surface area (Å²) < 4.78 is 61.9. The van der Waals surface area contributed by atoms with Gasteiger partial charge in [0.1, 0.15) is 11.9 Å². The lowest BCUT2D eigenvalue weighted by Crippen LogP contribution is -2.37. The third kappa shape index (κ3) is 3.07. The van der Waals surface area contributed by atoms with E-state index in [-0.39, 0.29) is 28.4 Å². The molecule has 1 aromatic carbocycles. The van der Waals surface area contributed by atoms with Crippen molar-refractivity contribution in [2.75, 3.05) is 18.6 Å². The summed E-state index contributed by atoms with van der Waals surface area (Å²) in [6, 6.07) is 3.85. The first-order chi connectivity index (χ1) is 9.67. The summed E-state index contributed by atoms with van der Waals surface area (Å²) in [5, 5.41) is 8.75. The predicted octanol–water partition coefficient (Wildman–Crippen LogP) is 0.505. The second-order valence-corrected chi connectivity index (χ2v) is 9.06. The zero-order chi connectivity index (χ0) is 15.8. The molecule has 1 unspecified atom stereocenters. The summed E-state index contributed by atoms with van der Waals surface area (Å²) in [4.78, 5) is -0.229. The molecule has 1 aromatic rings. The molecule has 0 aromatic heterocycles. The van der Waals surface area contributed by atoms with Crippen molar-refractivity contribution in [1.82, 2.24) is 4.31 Å². The Kier molecular flexibility index (Phi) is 4.06. The number of halogens is 1. The van der Waals surface area contributed by atoms with Crippen LogP contribution in [0, 0.1) is 17.1 Å². The second-order valence-electron chi connectivity index (χ2n) is 4.83. The molecular formula is C12H13FN2O4S2. The van der Waals surface area contributed by atoms with Crippen LogP contribution in [0.4, 0.5) is 4.39 Å². The first kappa shape index (κ1) is 15.9. The molecule has 1 fully saturated rings. The Hall–Kier alpha value is -1.50. The van der Waals surface area contributed by atoms with Crippen LogP contribution in [-0.4, -0.2) is 45.7 Å². The van der Waals surface area contributed by atoms with Crippen LogP contribution in [0.3, 0.4) is 0 Å². The van der Waals surface area contributed by atoms with Gasteiger partial charge in [-0.1, -0.05) is 0 Å². The van der Waals surface area contributed by atoms with Gasteiger partial charge in [-0.15, -0.1) is 0 Å². The van der Waals surface area contributed by atoms with E-state index in [0.717, 1.165) is 22.5 Å². The quantitative estimate of drug-likeness (QED) is 0.803. The number of rotatable bonds is 3. The van der Waals surface area contributed by atoms with Gasteiger partial charge in [-0.25, -0.2) is 21.2 Å². The van der Waals surface area contributed by atoms with Gasteiger partial charge in [0.2, 0.25) is 10.0 Å². The van der Waals surface area contributed by atoms with Gasteiger partial charge in [-0.05, 0) is 24.6 Å². The van der Waals surface area contributed by atoms with Gasteiger partial charge in [0.25, 0.3) is 0 Å². The highest BCUT2D eigenvalue weighted by atomic mass is 32.2. The molecule has 1 atom stereocenters. The Labute approximate surface area is 122 Å². The summed E-state index contributed by atoms with van der Waals surface area (Å²) in [7, 11) is -5.90. The molecule has 9 heteroatoms. The summed E-state index contributed by atoms with van der Waals surface area (Å²) in [5.74, 6) is -1.08. The molecule has 0 amide bonds. The van der Waals surface area contributed by atoms with E-state index in [0.29, 0.717) is 0 Å². The topological polar surface area (TPSA) is 95.3 Å². The number of hydrogen-bond acceptors (Lipinski definition) is 5. The molecule has 0 saturated carbocycles. The highest BCUT2D eigenvalue weighted by molar-refractivity contribution is 7.92. The molecule has 0 spiro atoms. The van der Waals surface area contributed by atoms with Gasteiger partial charge in [0.05, 0.1) is 22.0 Å². The van der Waals surface area contributed by atoms with Crippen molar-refractivity contribution in [1.29, 1.82) is 5.26 Å². The van der Waals surface area contributed by atoms with Crippen LogP contribution in [0.25, 0.3) is 0 Å². The van der Waals surface area contributed by atoms with E-state index < -0.39 is 31.7 Å². The van der Waals surface area contributed by atoms with E-state index in [4.69, 9.17) is 5.26 Å². The number of hydrogen-bond donors (Lipinski definition) is 0. The molecule has 0 N–H and O–H groups in total. The van der Waals surface area contributed by atoms with E-state index in [9.17, 15) is 21.2 Å². The number of sulfonamides is 1. The fourth-order valence-electron chi connectivity index (χ4n) is 2.18. The Morgan fingerprint density at radius 1 is 1.43 bits per heavy atom. The molecule has 21 heavy (non-hydrogen) atoms. The summed E-state index contributed by atoms with van der Waals surface area (Å²) in [6.45, 7) is 0. The van der Waals surface area contributed by atoms with Crippen molar-refractivity contribution < 1.29 is 21.2 Å². The molecule has 1 heterocycles. The molecule has 0 aliphatic carbocycles. The number of benzene rings is 1. The molecule has 0 radical (unpaired) electrons. The van der Waals surface area contributed by atoms with E-state index in [1.54, 1.807) is 6.07 Å². The van der Waals surface area contributed by atoms with Crippen molar-refractivity contribution >= 4 is 19.9 Å². The molecule has 114 valence electrons. The van der Waals surface area contributed by atoms with Crippen LogP contribution < -0.4 is 0 Å². The van der Waals surface area contributed by atoms with Crippen molar-refractivity contribution in [2.24, 2.45) is 0 Å². The van der Waals surface area contributed by atoms with Crippen molar-refractivity contribution in [2.45, 2.75) is 17.4 Å². The third-order valence-electron chi connectivity index (χ3n) is 3.46. The van der Waals surface area contributed by atoms with Gasteiger partial charge in [-0.2, -0.15) is 9.57 Å². The van der Waals surface area contributed by atoms with Crippen LogP contribution in [0.15, 0.2) is 23.1 Å². The Morgan fingerprint density at radius 2 is 2.10 bits per heavy atom. The fourth-order valence-corrected chi connectivity index (χ4v) is 5.46. The average molecular weight is 332 g/mol. The highest BCUT2D eigenvalue weighted by Crippen LogP contribution is 2.24. The standard InChI is InChI=1S/C12H13FN2O4S2/c1-15(10-4-5-20(16,17)8-10)21(18,19)11-2-3-12(13)9(6-11)7-14/h2-3,6,10H,4-5,8H2,1H3. The molecular weight excluding hydrogens is 319 g/mol. The van der Waals surface area contributed by atoms with Gasteiger partial charge in [-0.3, -0.25) is 0 Å². The number of nitrogens with zero attached hydrogens (tertiary/aromatic N) is 2. The van der Waals surface area contributed by atoms with Gasteiger partial charge in [0, 0.05) is 13.1 Å². The lowest BCUT2D eigenvalue weighted by Gasteiger charge is -2.22. The third-order valence-corrected chi connectivity index (χ3v) is 7.11. The molecule has 1 aliphatic rings. The van der Waals surface area contributed by atoms with Crippen LogP contribution in [0.2, 0.25) is 0 Å². The zero-order valence-corrected chi connectivity index (χ0v) is 12.8. The maximum absolute atomic E-state index is 13.3.